The topological polar surface area (TPSA) is 0 Å². The molecule has 0 fully saturated rings. The Morgan fingerprint density at radius 3 is 2.50 bits per heavy atom. The molecule has 0 aliphatic carbocycles. The van der Waals surface area contributed by atoms with Crippen molar-refractivity contribution in [3.05, 3.63) is 28.7 Å². The van der Waals surface area contributed by atoms with Crippen LogP contribution in [0, 0.1) is 0 Å². The van der Waals surface area contributed by atoms with Gasteiger partial charge in [0.1, 0.15) is 0 Å². The van der Waals surface area contributed by atoms with Crippen molar-refractivity contribution in [3.8, 4) is 0 Å². The summed E-state index contributed by atoms with van der Waals surface area (Å²) >= 11 is 4.53. The molecule has 0 unspecified atom stereocenters. The van der Waals surface area contributed by atoms with E-state index in [1.165, 1.54) is 7.29 Å². The molecule has 0 aliphatic heterocycles. The molecule has 0 N–H and O–H groups in total. The summed E-state index contributed by atoms with van der Waals surface area (Å²) < 4.78 is 2.62. The molecule has 0 saturated carbocycles. The van der Waals surface area contributed by atoms with Crippen molar-refractivity contribution in [2.45, 2.75) is 0 Å². The predicted molar refractivity (Wildman–Crippen MR) is 39.5 cm³/mol. The second kappa shape index (κ2) is 3.02. The maximum absolute atomic E-state index is 3.38. The first kappa shape index (κ1) is 6.81. The van der Waals surface area contributed by atoms with E-state index in [1.54, 1.807) is 0 Å². The van der Waals surface area contributed by atoms with Crippen molar-refractivity contribution >= 4 is 46.7 Å². The third-order valence-electron chi connectivity index (χ3n) is 0.980. The van der Waals surface area contributed by atoms with Crippen LogP contribution in [0.4, 0.5) is 0 Å². The third kappa shape index (κ3) is 1.90. The average molecular weight is 179 g/mol. The molecule has 0 saturated heterocycles. The molecular formula is C6H4BrNa. The van der Waals surface area contributed by atoms with Crippen molar-refractivity contribution in [1.82, 2.24) is 0 Å². The molecule has 0 amide bonds. The van der Waals surface area contributed by atoms with E-state index >= 15 is 0 Å². The van der Waals surface area contributed by atoms with Crippen molar-refractivity contribution in [2.24, 2.45) is 0 Å². The molecule has 0 spiro atoms. The van der Waals surface area contributed by atoms with Crippen molar-refractivity contribution in [2.75, 3.05) is 0 Å². The van der Waals surface area contributed by atoms with Gasteiger partial charge in [-0.05, 0) is 0 Å². The molecule has 0 bridgehead atoms. The fourth-order valence-corrected chi connectivity index (χ4v) is 2.05. The monoisotopic (exact) mass is 178 g/mol. The second-order valence-electron chi connectivity index (χ2n) is 1.80. The molecular weight excluding hydrogens is 175 g/mol. The first-order chi connectivity index (χ1) is 3.79. The van der Waals surface area contributed by atoms with Crippen LogP contribution in [0.1, 0.15) is 0 Å². The number of halogens is 1. The van der Waals surface area contributed by atoms with Crippen LogP contribution < -0.4 is 2.81 Å². The minimum atomic E-state index is 1.14. The van der Waals surface area contributed by atoms with Crippen LogP contribution in [0.5, 0.6) is 0 Å². The van der Waals surface area contributed by atoms with Gasteiger partial charge in [0, 0.05) is 0 Å². The van der Waals surface area contributed by atoms with E-state index in [4.69, 9.17) is 0 Å². The zero-order chi connectivity index (χ0) is 5.98. The summed E-state index contributed by atoms with van der Waals surface area (Å²) in [4.78, 5) is 0. The van der Waals surface area contributed by atoms with Crippen molar-refractivity contribution < 1.29 is 0 Å². The van der Waals surface area contributed by atoms with E-state index in [0.717, 1.165) is 27.9 Å². The number of rotatable bonds is 0. The Kier molecular flexibility index (Phi) is 2.57. The molecule has 36 valence electrons. The first-order valence-corrected chi connectivity index (χ1v) is 4.30. The fourth-order valence-electron chi connectivity index (χ4n) is 0.606. The van der Waals surface area contributed by atoms with Gasteiger partial charge in [-0.15, -0.1) is 0 Å². The molecule has 0 aromatic heterocycles. The van der Waals surface area contributed by atoms with Gasteiger partial charge in [0.15, 0.2) is 0 Å². The maximum atomic E-state index is 3.38. The fraction of sp³-hybridized carbons (Fsp3) is 0. The summed E-state index contributed by atoms with van der Waals surface area (Å²) in [5.41, 5.74) is 0. The molecule has 0 nitrogen and oxygen atoms in total. The van der Waals surface area contributed by atoms with Crippen LogP contribution in [0.25, 0.3) is 0 Å². The average Bonchev–Trinajstić information content (AvgIpc) is 1.64. The van der Waals surface area contributed by atoms with Gasteiger partial charge in [-0.1, -0.05) is 0 Å². The molecule has 2 heteroatoms. The first-order valence-electron chi connectivity index (χ1n) is 2.51. The van der Waals surface area contributed by atoms with Gasteiger partial charge < -0.3 is 0 Å². The molecule has 0 aliphatic rings. The van der Waals surface area contributed by atoms with E-state index in [0.29, 0.717) is 0 Å². The normalized spacial score (nSPS) is 9.38. The number of hydrogen-bond acceptors (Lipinski definition) is 0. The molecule has 1 aromatic carbocycles. The van der Waals surface area contributed by atoms with Crippen LogP contribution in [0.15, 0.2) is 28.7 Å². The van der Waals surface area contributed by atoms with Crippen LogP contribution in [0.3, 0.4) is 0 Å². The Labute approximate surface area is 74.8 Å². The van der Waals surface area contributed by atoms with Crippen LogP contribution in [-0.4, -0.2) is 27.9 Å². The van der Waals surface area contributed by atoms with Gasteiger partial charge in [0.2, 0.25) is 0 Å². The standard InChI is InChI=1S/C6H4Br.Na/c7-6-4-2-1-3-5-6;/h1-2,4-5H;. The van der Waals surface area contributed by atoms with E-state index in [1.807, 2.05) is 6.07 Å². The minimum absolute atomic E-state index is 1.14. The van der Waals surface area contributed by atoms with Gasteiger partial charge in [-0.3, -0.25) is 0 Å². The van der Waals surface area contributed by atoms with E-state index < -0.39 is 0 Å². The summed E-state index contributed by atoms with van der Waals surface area (Å²) in [7, 11) is 0. The summed E-state index contributed by atoms with van der Waals surface area (Å²) in [6, 6.07) is 8.39. The molecule has 0 atom stereocenters. The van der Waals surface area contributed by atoms with E-state index in [9.17, 15) is 0 Å². The van der Waals surface area contributed by atoms with Gasteiger partial charge in [-0.25, -0.2) is 0 Å². The summed E-state index contributed by atoms with van der Waals surface area (Å²) in [5.74, 6) is 0. The van der Waals surface area contributed by atoms with E-state index in [-0.39, 0.29) is 0 Å². The van der Waals surface area contributed by atoms with E-state index in [2.05, 4.69) is 34.1 Å². The summed E-state index contributed by atoms with van der Waals surface area (Å²) in [6.45, 7) is 0. The molecule has 0 heterocycles. The Morgan fingerprint density at radius 1 is 1.38 bits per heavy atom. The van der Waals surface area contributed by atoms with Crippen LogP contribution in [-0.2, 0) is 0 Å². The zero-order valence-electron chi connectivity index (χ0n) is 4.69. The van der Waals surface area contributed by atoms with Crippen molar-refractivity contribution in [1.29, 1.82) is 0 Å². The van der Waals surface area contributed by atoms with Gasteiger partial charge in [-0.2, -0.15) is 0 Å². The third-order valence-corrected chi connectivity index (χ3v) is 2.10. The van der Waals surface area contributed by atoms with Gasteiger partial charge >= 0.3 is 75.4 Å². The Balaban J connectivity index is 3.08. The van der Waals surface area contributed by atoms with Gasteiger partial charge in [0.25, 0.3) is 0 Å². The summed E-state index contributed by atoms with van der Waals surface area (Å²) in [5, 5.41) is 0. The molecule has 0 radical (unpaired) electrons. The Morgan fingerprint density at radius 2 is 2.12 bits per heavy atom. The summed E-state index contributed by atoms with van der Waals surface area (Å²) in [6.07, 6.45) is 0. The predicted octanol–water partition coefficient (Wildman–Crippen LogP) is 1.24. The number of benzene rings is 1. The molecule has 1 rings (SSSR count). The van der Waals surface area contributed by atoms with Crippen molar-refractivity contribution in [3.63, 3.8) is 0 Å². The Bertz CT molecular complexity index is 168. The number of hydrogen-bond donors (Lipinski definition) is 0. The van der Waals surface area contributed by atoms with Crippen LogP contribution >= 0.6 is 15.9 Å². The van der Waals surface area contributed by atoms with Crippen LogP contribution in [0.2, 0.25) is 0 Å². The van der Waals surface area contributed by atoms with Gasteiger partial charge in [0.05, 0.1) is 0 Å². The molecule has 8 heavy (non-hydrogen) atoms. The zero-order valence-corrected chi connectivity index (χ0v) is 8.27. The SMILES string of the molecule is [Na][c]1cccc(Br)c1. The Hall–Kier alpha value is 0.700. The molecule has 1 aromatic rings. The second-order valence-corrected chi connectivity index (χ2v) is 3.87. The quantitative estimate of drug-likeness (QED) is 0.525.